The number of nitrogens with zero attached hydrogens (tertiary/aromatic N) is 1. The van der Waals surface area contributed by atoms with Crippen LogP contribution in [0.3, 0.4) is 0 Å². The van der Waals surface area contributed by atoms with Crippen LogP contribution >= 0.6 is 23.2 Å². The fourth-order valence-electron chi connectivity index (χ4n) is 3.43. The standard InChI is InChI=1S/C21H25Cl2N3O3S/c1-15(16-9-10-18(22)19(23)13-16)25-21(27)24-14-17-7-3-4-8-20(17)30(28,29)26-11-5-2-6-12-26/h3-4,7-10,13,15H,2,5-6,11-12,14H2,1H3,(H2,24,25,27)/t15-/m0/s1. The van der Waals surface area contributed by atoms with Gasteiger partial charge < -0.3 is 10.6 Å². The number of nitrogens with one attached hydrogen (secondary N) is 2. The zero-order chi connectivity index (χ0) is 21.7. The molecule has 6 nitrogen and oxygen atoms in total. The lowest BCUT2D eigenvalue weighted by atomic mass is 10.1. The van der Waals surface area contributed by atoms with E-state index in [9.17, 15) is 13.2 Å². The van der Waals surface area contributed by atoms with Gasteiger partial charge in [0.1, 0.15) is 0 Å². The number of hydrogen-bond donors (Lipinski definition) is 2. The van der Waals surface area contributed by atoms with E-state index in [1.807, 2.05) is 6.92 Å². The van der Waals surface area contributed by atoms with Gasteiger partial charge in [-0.3, -0.25) is 0 Å². The highest BCUT2D eigenvalue weighted by Crippen LogP contribution is 2.26. The smallest absolute Gasteiger partial charge is 0.315 e. The molecule has 0 unspecified atom stereocenters. The predicted molar refractivity (Wildman–Crippen MR) is 119 cm³/mol. The first-order chi connectivity index (χ1) is 14.3. The number of halogens is 2. The first kappa shape index (κ1) is 22.9. The van der Waals surface area contributed by atoms with E-state index in [2.05, 4.69) is 10.6 Å². The van der Waals surface area contributed by atoms with Crippen molar-refractivity contribution in [2.75, 3.05) is 13.1 Å². The molecule has 0 bridgehead atoms. The maximum Gasteiger partial charge on any atom is 0.315 e. The maximum atomic E-state index is 13.0. The largest absolute Gasteiger partial charge is 0.334 e. The van der Waals surface area contributed by atoms with Crippen LogP contribution in [0.15, 0.2) is 47.4 Å². The second-order valence-corrected chi connectivity index (χ2v) is 10.0. The number of rotatable bonds is 6. The van der Waals surface area contributed by atoms with Gasteiger partial charge in [-0.15, -0.1) is 0 Å². The monoisotopic (exact) mass is 469 g/mol. The molecule has 30 heavy (non-hydrogen) atoms. The van der Waals surface area contributed by atoms with Gasteiger partial charge >= 0.3 is 6.03 Å². The van der Waals surface area contributed by atoms with Crippen molar-refractivity contribution in [3.8, 4) is 0 Å². The molecule has 2 amide bonds. The molecule has 1 saturated heterocycles. The average molecular weight is 470 g/mol. The molecule has 9 heteroatoms. The van der Waals surface area contributed by atoms with E-state index in [1.165, 1.54) is 4.31 Å². The van der Waals surface area contributed by atoms with Crippen molar-refractivity contribution in [1.82, 2.24) is 14.9 Å². The Kier molecular flexibility index (Phi) is 7.63. The van der Waals surface area contributed by atoms with Crippen molar-refractivity contribution in [2.45, 2.75) is 43.7 Å². The van der Waals surface area contributed by atoms with E-state index in [0.29, 0.717) is 28.7 Å². The number of hydrogen-bond acceptors (Lipinski definition) is 3. The Morgan fingerprint density at radius 3 is 2.47 bits per heavy atom. The Balaban J connectivity index is 1.65. The van der Waals surface area contributed by atoms with Gasteiger partial charge in [-0.1, -0.05) is 53.9 Å². The van der Waals surface area contributed by atoms with Gasteiger partial charge in [0.2, 0.25) is 10.0 Å². The number of carbonyl (C=O) groups excluding carboxylic acids is 1. The van der Waals surface area contributed by atoms with Crippen LogP contribution in [0.4, 0.5) is 4.79 Å². The van der Waals surface area contributed by atoms with Crippen LogP contribution in [0, 0.1) is 0 Å². The number of benzene rings is 2. The van der Waals surface area contributed by atoms with Crippen molar-refractivity contribution in [3.63, 3.8) is 0 Å². The molecule has 2 aromatic carbocycles. The predicted octanol–water partition coefficient (Wildman–Crippen LogP) is 4.73. The van der Waals surface area contributed by atoms with E-state index in [1.54, 1.807) is 42.5 Å². The van der Waals surface area contributed by atoms with Gasteiger partial charge in [-0.05, 0) is 49.1 Å². The SMILES string of the molecule is C[C@H](NC(=O)NCc1ccccc1S(=O)(=O)N1CCCCC1)c1ccc(Cl)c(Cl)c1. The van der Waals surface area contributed by atoms with Crippen LogP contribution in [-0.4, -0.2) is 31.8 Å². The highest BCUT2D eigenvalue weighted by molar-refractivity contribution is 7.89. The fourth-order valence-corrected chi connectivity index (χ4v) is 5.48. The molecule has 162 valence electrons. The summed E-state index contributed by atoms with van der Waals surface area (Å²) in [7, 11) is -3.58. The Bertz CT molecular complexity index is 1010. The Morgan fingerprint density at radius 1 is 1.07 bits per heavy atom. The van der Waals surface area contributed by atoms with Crippen molar-refractivity contribution in [1.29, 1.82) is 0 Å². The summed E-state index contributed by atoms with van der Waals surface area (Å²) in [6.45, 7) is 2.99. The topological polar surface area (TPSA) is 78.5 Å². The summed E-state index contributed by atoms with van der Waals surface area (Å²) in [5, 5.41) is 6.44. The molecule has 1 aliphatic heterocycles. The van der Waals surface area contributed by atoms with Crippen LogP contribution in [0.1, 0.15) is 43.4 Å². The van der Waals surface area contributed by atoms with Crippen LogP contribution in [-0.2, 0) is 16.6 Å². The third-order valence-electron chi connectivity index (χ3n) is 5.14. The van der Waals surface area contributed by atoms with Gasteiger partial charge in [0.25, 0.3) is 0 Å². The average Bonchev–Trinajstić information content (AvgIpc) is 2.75. The van der Waals surface area contributed by atoms with Crippen molar-refractivity contribution in [3.05, 3.63) is 63.6 Å². The molecule has 2 aromatic rings. The summed E-state index contributed by atoms with van der Waals surface area (Å²) in [5.74, 6) is 0. The third kappa shape index (κ3) is 5.46. The summed E-state index contributed by atoms with van der Waals surface area (Å²) in [6, 6.07) is 11.3. The van der Waals surface area contributed by atoms with Crippen LogP contribution in [0.25, 0.3) is 0 Å². The van der Waals surface area contributed by atoms with Crippen molar-refractivity contribution >= 4 is 39.3 Å². The molecule has 3 rings (SSSR count). The number of sulfonamides is 1. The molecule has 1 aliphatic rings. The van der Waals surface area contributed by atoms with Crippen molar-refractivity contribution < 1.29 is 13.2 Å². The first-order valence-electron chi connectivity index (χ1n) is 9.86. The van der Waals surface area contributed by atoms with E-state index in [-0.39, 0.29) is 17.5 Å². The number of piperidine rings is 1. The highest BCUT2D eigenvalue weighted by atomic mass is 35.5. The van der Waals surface area contributed by atoms with Gasteiger partial charge in [0, 0.05) is 19.6 Å². The van der Waals surface area contributed by atoms with E-state index < -0.39 is 16.1 Å². The Labute approximate surface area is 187 Å². The molecule has 0 aliphatic carbocycles. The first-order valence-corrected chi connectivity index (χ1v) is 12.1. The van der Waals surface area contributed by atoms with Gasteiger partial charge in [0.05, 0.1) is 21.0 Å². The molecular weight excluding hydrogens is 445 g/mol. The minimum Gasteiger partial charge on any atom is -0.334 e. The summed E-state index contributed by atoms with van der Waals surface area (Å²) < 4.78 is 27.6. The number of urea groups is 1. The van der Waals surface area contributed by atoms with E-state index in [0.717, 1.165) is 24.8 Å². The van der Waals surface area contributed by atoms with Crippen molar-refractivity contribution in [2.24, 2.45) is 0 Å². The summed E-state index contributed by atoms with van der Waals surface area (Å²) in [5.41, 5.74) is 1.37. The zero-order valence-corrected chi connectivity index (χ0v) is 19.0. The van der Waals surface area contributed by atoms with Crippen LogP contribution < -0.4 is 10.6 Å². The highest BCUT2D eigenvalue weighted by Gasteiger charge is 2.27. The molecular formula is C21H25Cl2N3O3S. The van der Waals surface area contributed by atoms with Gasteiger partial charge in [-0.2, -0.15) is 4.31 Å². The normalized spacial score (nSPS) is 16.1. The molecule has 0 aromatic heterocycles. The van der Waals surface area contributed by atoms with Gasteiger partial charge in [-0.25, -0.2) is 13.2 Å². The molecule has 1 heterocycles. The van der Waals surface area contributed by atoms with Crippen LogP contribution in [0.5, 0.6) is 0 Å². The lowest BCUT2D eigenvalue weighted by Gasteiger charge is -2.27. The Hall–Kier alpha value is -1.80. The van der Waals surface area contributed by atoms with E-state index in [4.69, 9.17) is 23.2 Å². The van der Waals surface area contributed by atoms with Gasteiger partial charge in [0.15, 0.2) is 0 Å². The number of carbonyl (C=O) groups is 1. The quantitative estimate of drug-likeness (QED) is 0.641. The Morgan fingerprint density at radius 2 is 1.77 bits per heavy atom. The minimum atomic E-state index is -3.58. The maximum absolute atomic E-state index is 13.0. The second kappa shape index (κ2) is 10.0. The minimum absolute atomic E-state index is 0.100. The van der Waals surface area contributed by atoms with E-state index >= 15 is 0 Å². The molecule has 0 spiro atoms. The third-order valence-corrected chi connectivity index (χ3v) is 7.87. The van der Waals surface area contributed by atoms with Crippen LogP contribution in [0.2, 0.25) is 10.0 Å². The summed E-state index contributed by atoms with van der Waals surface area (Å²) in [6.07, 6.45) is 2.79. The second-order valence-electron chi connectivity index (χ2n) is 7.29. The summed E-state index contributed by atoms with van der Waals surface area (Å²) >= 11 is 12.0. The fraction of sp³-hybridized carbons (Fsp3) is 0.381. The molecule has 0 radical (unpaired) electrons. The lowest BCUT2D eigenvalue weighted by molar-refractivity contribution is 0.237. The summed E-state index contributed by atoms with van der Waals surface area (Å²) in [4.78, 5) is 12.6. The molecule has 2 N–H and O–H groups in total. The molecule has 0 saturated carbocycles. The molecule has 1 atom stereocenters. The number of amides is 2. The lowest BCUT2D eigenvalue weighted by Crippen LogP contribution is -2.38. The zero-order valence-electron chi connectivity index (χ0n) is 16.7. The molecule has 1 fully saturated rings.